The number of carbonyl (C=O) groups is 2. The largest absolute Gasteiger partial charge is 0.493 e. The lowest BCUT2D eigenvalue weighted by molar-refractivity contribution is 0.0936. The topological polar surface area (TPSA) is 130 Å². The van der Waals surface area contributed by atoms with Gasteiger partial charge in [-0.15, -0.1) is 0 Å². The number of hydrogen-bond acceptors (Lipinski definition) is 10. The number of piperazine rings is 1. The summed E-state index contributed by atoms with van der Waals surface area (Å²) in [7, 11) is 1.47. The Kier molecular flexibility index (Phi) is 12.6. The van der Waals surface area contributed by atoms with E-state index >= 15 is 4.39 Å². The molecule has 286 valence electrons. The zero-order valence-corrected chi connectivity index (χ0v) is 31.7. The molecule has 4 aromatic rings. The molecule has 0 radical (unpaired) electrons. The monoisotopic (exact) mass is 739 g/mol. The van der Waals surface area contributed by atoms with Gasteiger partial charge < -0.3 is 30.2 Å². The number of rotatable bonds is 14. The summed E-state index contributed by atoms with van der Waals surface area (Å²) in [4.78, 5) is 40.4. The summed E-state index contributed by atoms with van der Waals surface area (Å²) in [5.41, 5.74) is 3.28. The highest BCUT2D eigenvalue weighted by Crippen LogP contribution is 2.35. The fourth-order valence-electron chi connectivity index (χ4n) is 6.80. The molecule has 54 heavy (non-hydrogen) atoms. The number of halogens is 1. The summed E-state index contributed by atoms with van der Waals surface area (Å²) in [6, 6.07) is 15.8. The first-order valence-corrected chi connectivity index (χ1v) is 18.6. The third kappa shape index (κ3) is 9.63. The molecule has 1 saturated heterocycles. The van der Waals surface area contributed by atoms with Crippen LogP contribution in [-0.2, 0) is 0 Å². The molecule has 0 unspecified atom stereocenters. The smallest absolute Gasteiger partial charge is 0.262 e. The van der Waals surface area contributed by atoms with E-state index in [4.69, 9.17) is 14.2 Å². The molecule has 13 heteroatoms. The lowest BCUT2D eigenvalue weighted by Gasteiger charge is -2.36. The van der Waals surface area contributed by atoms with E-state index in [1.54, 1.807) is 30.3 Å². The van der Waals surface area contributed by atoms with Crippen LogP contribution in [0.5, 0.6) is 23.1 Å². The number of nitrogens with zero attached hydrogens (tertiary/aromatic N) is 4. The average Bonchev–Trinajstić information content (AvgIpc) is 3.67. The van der Waals surface area contributed by atoms with Crippen LogP contribution in [-0.4, -0.2) is 90.1 Å². The fourth-order valence-corrected chi connectivity index (χ4v) is 6.80. The molecule has 1 saturated carbocycles. The standard InChI is InChI=1S/C41H50FN7O5/c1-26(2)49-19-17-48(18-20-49)21-22-53-34-16-14-31(24-33(34)42)45-41-43-25-32(39(51)46-37-27(3)9-8-10-28(37)4)40(47-41)54-35-15-13-29(23-36(35)52-5)38(50)44-30-11-6-7-12-30/h8-10,13-16,23-26,30H,6-7,11-12,17-22H2,1-5H3,(H,44,50)(H,46,51)(H,43,45,47). The third-order valence-electron chi connectivity index (χ3n) is 10.0. The van der Waals surface area contributed by atoms with Gasteiger partial charge in [-0.25, -0.2) is 9.37 Å². The minimum absolute atomic E-state index is 0.0499. The average molecular weight is 740 g/mol. The van der Waals surface area contributed by atoms with Crippen LogP contribution in [0.4, 0.5) is 21.7 Å². The van der Waals surface area contributed by atoms with E-state index in [9.17, 15) is 9.59 Å². The van der Waals surface area contributed by atoms with E-state index in [2.05, 4.69) is 49.6 Å². The summed E-state index contributed by atoms with van der Waals surface area (Å²) in [6.07, 6.45) is 5.46. The number of aryl methyl sites for hydroxylation is 2. The molecule has 0 spiro atoms. The van der Waals surface area contributed by atoms with E-state index in [0.29, 0.717) is 36.1 Å². The number of anilines is 3. The molecule has 1 aromatic heterocycles. The number of amides is 2. The first-order chi connectivity index (χ1) is 26.1. The van der Waals surface area contributed by atoms with Crippen LogP contribution in [0, 0.1) is 19.7 Å². The van der Waals surface area contributed by atoms with Crippen molar-refractivity contribution < 1.29 is 28.2 Å². The summed E-state index contributed by atoms with van der Waals surface area (Å²) >= 11 is 0. The molecule has 1 aliphatic carbocycles. The predicted octanol–water partition coefficient (Wildman–Crippen LogP) is 7.11. The van der Waals surface area contributed by atoms with Crippen molar-refractivity contribution in [2.75, 3.05) is 57.1 Å². The summed E-state index contributed by atoms with van der Waals surface area (Å²) in [5, 5.41) is 9.06. The maximum Gasteiger partial charge on any atom is 0.262 e. The van der Waals surface area contributed by atoms with E-state index in [0.717, 1.165) is 63.0 Å². The molecular formula is C41H50FN7O5. The van der Waals surface area contributed by atoms with Crippen LogP contribution < -0.4 is 30.2 Å². The van der Waals surface area contributed by atoms with Gasteiger partial charge in [0.1, 0.15) is 12.2 Å². The molecule has 2 fully saturated rings. The van der Waals surface area contributed by atoms with Crippen molar-refractivity contribution in [2.45, 2.75) is 65.5 Å². The molecule has 3 N–H and O–H groups in total. The molecule has 12 nitrogen and oxygen atoms in total. The van der Waals surface area contributed by atoms with Gasteiger partial charge in [0, 0.05) is 74.0 Å². The zero-order valence-electron chi connectivity index (χ0n) is 31.7. The molecule has 1 aliphatic heterocycles. The Hall–Kier alpha value is -5.27. The van der Waals surface area contributed by atoms with Crippen LogP contribution in [0.25, 0.3) is 0 Å². The highest BCUT2D eigenvalue weighted by Gasteiger charge is 2.23. The number of aromatic nitrogens is 2. The Morgan fingerprint density at radius 1 is 0.926 bits per heavy atom. The van der Waals surface area contributed by atoms with E-state index in [-0.39, 0.29) is 46.6 Å². The van der Waals surface area contributed by atoms with Gasteiger partial charge in [-0.05, 0) is 82.0 Å². The SMILES string of the molecule is COc1cc(C(=O)NC2CCCC2)ccc1Oc1nc(Nc2ccc(OCCN3CCN(C(C)C)CC3)c(F)c2)ncc1C(=O)Nc1c(C)cccc1C. The molecule has 2 heterocycles. The van der Waals surface area contributed by atoms with Crippen LogP contribution >= 0.6 is 0 Å². The van der Waals surface area contributed by atoms with E-state index < -0.39 is 11.7 Å². The van der Waals surface area contributed by atoms with Gasteiger partial charge in [0.25, 0.3) is 11.8 Å². The van der Waals surface area contributed by atoms with Gasteiger partial charge in [-0.2, -0.15) is 4.98 Å². The van der Waals surface area contributed by atoms with Gasteiger partial charge in [0.05, 0.1) is 7.11 Å². The van der Waals surface area contributed by atoms with Crippen molar-refractivity contribution in [3.8, 4) is 23.1 Å². The van der Waals surface area contributed by atoms with Crippen molar-refractivity contribution in [1.82, 2.24) is 25.1 Å². The van der Waals surface area contributed by atoms with Crippen molar-refractivity contribution in [3.05, 3.63) is 88.9 Å². The maximum absolute atomic E-state index is 15.2. The molecule has 2 aliphatic rings. The Balaban J connectivity index is 1.19. The first-order valence-electron chi connectivity index (χ1n) is 18.6. The third-order valence-corrected chi connectivity index (χ3v) is 10.0. The highest BCUT2D eigenvalue weighted by molar-refractivity contribution is 6.06. The summed E-state index contributed by atoms with van der Waals surface area (Å²) in [6.45, 7) is 13.3. The minimum atomic E-state index is -0.535. The Labute approximate surface area is 316 Å². The predicted molar refractivity (Wildman–Crippen MR) is 207 cm³/mol. The van der Waals surface area contributed by atoms with Crippen LogP contribution in [0.3, 0.4) is 0 Å². The first kappa shape index (κ1) is 38.5. The van der Waals surface area contributed by atoms with Gasteiger partial charge >= 0.3 is 0 Å². The van der Waals surface area contributed by atoms with Crippen LogP contribution in [0.2, 0.25) is 0 Å². The second-order valence-corrected chi connectivity index (χ2v) is 14.1. The van der Waals surface area contributed by atoms with Crippen molar-refractivity contribution in [1.29, 1.82) is 0 Å². The quantitative estimate of drug-likeness (QED) is 0.123. The minimum Gasteiger partial charge on any atom is -0.493 e. The molecule has 2 amide bonds. The van der Waals surface area contributed by atoms with Crippen molar-refractivity contribution in [3.63, 3.8) is 0 Å². The molecule has 0 bridgehead atoms. The van der Waals surface area contributed by atoms with Crippen molar-refractivity contribution >= 4 is 29.1 Å². The number of carbonyl (C=O) groups excluding carboxylic acids is 2. The van der Waals surface area contributed by atoms with Gasteiger partial charge in [-0.3, -0.25) is 19.4 Å². The Morgan fingerprint density at radius 3 is 2.33 bits per heavy atom. The van der Waals surface area contributed by atoms with Gasteiger partial charge in [0.2, 0.25) is 11.8 Å². The number of ether oxygens (including phenoxy) is 3. The molecule has 0 atom stereocenters. The lowest BCUT2D eigenvalue weighted by Crippen LogP contribution is -2.49. The van der Waals surface area contributed by atoms with Gasteiger partial charge in [-0.1, -0.05) is 31.0 Å². The normalized spacial score (nSPS) is 15.2. The number of methoxy groups -OCH3 is 1. The summed E-state index contributed by atoms with van der Waals surface area (Å²) in [5.74, 6) is -0.577. The lowest BCUT2D eigenvalue weighted by atomic mass is 10.1. The molecule has 3 aromatic carbocycles. The Bertz CT molecular complexity index is 1920. The van der Waals surface area contributed by atoms with Crippen LogP contribution in [0.1, 0.15) is 71.4 Å². The number of para-hydroxylation sites is 1. The zero-order chi connectivity index (χ0) is 38.2. The Morgan fingerprint density at radius 2 is 1.65 bits per heavy atom. The van der Waals surface area contributed by atoms with Crippen LogP contribution in [0.15, 0.2) is 60.8 Å². The number of hydrogen-bond donors (Lipinski definition) is 3. The molecule has 6 rings (SSSR count). The maximum atomic E-state index is 15.2. The molecular weight excluding hydrogens is 689 g/mol. The van der Waals surface area contributed by atoms with Gasteiger partial charge in [0.15, 0.2) is 23.1 Å². The number of nitrogens with one attached hydrogen (secondary N) is 3. The highest BCUT2D eigenvalue weighted by atomic mass is 19.1. The second kappa shape index (κ2) is 17.7. The second-order valence-electron chi connectivity index (χ2n) is 14.1. The van der Waals surface area contributed by atoms with E-state index in [1.165, 1.54) is 19.4 Å². The summed E-state index contributed by atoms with van der Waals surface area (Å²) < 4.78 is 32.9. The number of benzene rings is 3. The van der Waals surface area contributed by atoms with E-state index in [1.807, 2.05) is 32.0 Å². The fraction of sp³-hybridized carbons (Fsp3) is 0.415. The van der Waals surface area contributed by atoms with Crippen molar-refractivity contribution in [2.24, 2.45) is 0 Å².